The number of alkyl halides is 1. The fraction of sp³-hybridized carbons (Fsp3) is 0.273. The van der Waals surface area contributed by atoms with Gasteiger partial charge in [-0.05, 0) is 55.3 Å². The van der Waals surface area contributed by atoms with Crippen molar-refractivity contribution < 1.29 is 23.6 Å². The number of carbonyl (C=O) groups is 4. The van der Waals surface area contributed by atoms with E-state index in [1.54, 1.807) is 0 Å². The Kier molecular flexibility index (Phi) is 7.87. The standard InChI is InChI=1S/C22H18Cl3FN2O4/c23-11-10-18(21(31)13-4-7-15(26)8-5-13)27(28-19(29)2-1-3-20(28)30)22(32)16-9-6-14(24)12-17(16)25/h4-9,12,18H,1-3,10-11H2/t18-/m1/s1. The Bertz CT molecular complexity index is 1050. The molecule has 10 heteroatoms. The quantitative estimate of drug-likeness (QED) is 0.308. The van der Waals surface area contributed by atoms with E-state index in [2.05, 4.69) is 0 Å². The van der Waals surface area contributed by atoms with Crippen LogP contribution in [0.25, 0.3) is 0 Å². The van der Waals surface area contributed by atoms with Crippen LogP contribution >= 0.6 is 34.8 Å². The molecule has 6 nitrogen and oxygen atoms in total. The monoisotopic (exact) mass is 498 g/mol. The zero-order valence-electron chi connectivity index (χ0n) is 16.7. The Morgan fingerprint density at radius 3 is 2.22 bits per heavy atom. The Balaban J connectivity index is 2.12. The first-order valence-corrected chi connectivity index (χ1v) is 11.0. The highest BCUT2D eigenvalue weighted by atomic mass is 35.5. The number of rotatable bonds is 7. The summed E-state index contributed by atoms with van der Waals surface area (Å²) in [5, 5.41) is 1.80. The molecule has 0 N–H and O–H groups in total. The summed E-state index contributed by atoms with van der Waals surface area (Å²) in [4.78, 5) is 52.3. The number of hydrazine groups is 1. The minimum atomic E-state index is -1.30. The van der Waals surface area contributed by atoms with E-state index in [0.717, 1.165) is 17.1 Å². The minimum absolute atomic E-state index is 0.0109. The van der Waals surface area contributed by atoms with Gasteiger partial charge in [-0.2, -0.15) is 5.01 Å². The lowest BCUT2D eigenvalue weighted by Crippen LogP contribution is -2.60. The van der Waals surface area contributed by atoms with Crippen LogP contribution in [0.4, 0.5) is 4.39 Å². The van der Waals surface area contributed by atoms with Gasteiger partial charge in [0.05, 0.1) is 10.6 Å². The highest BCUT2D eigenvalue weighted by Crippen LogP contribution is 2.28. The van der Waals surface area contributed by atoms with Crippen LogP contribution in [0.15, 0.2) is 42.5 Å². The van der Waals surface area contributed by atoms with Gasteiger partial charge in [0.2, 0.25) is 11.8 Å². The van der Waals surface area contributed by atoms with Gasteiger partial charge in [0, 0.05) is 29.3 Å². The molecule has 1 heterocycles. The van der Waals surface area contributed by atoms with Crippen molar-refractivity contribution in [1.29, 1.82) is 0 Å². The largest absolute Gasteiger partial charge is 0.292 e. The molecule has 0 saturated carbocycles. The second-order valence-electron chi connectivity index (χ2n) is 7.09. The third-order valence-corrected chi connectivity index (χ3v) is 5.71. The van der Waals surface area contributed by atoms with Gasteiger partial charge < -0.3 is 0 Å². The Hall–Kier alpha value is -2.48. The third-order valence-electron chi connectivity index (χ3n) is 4.95. The molecule has 0 radical (unpaired) electrons. The normalized spacial score (nSPS) is 14.9. The maximum Gasteiger partial charge on any atom is 0.275 e. The van der Waals surface area contributed by atoms with Crippen molar-refractivity contribution in [2.45, 2.75) is 31.7 Å². The van der Waals surface area contributed by atoms with Gasteiger partial charge in [-0.3, -0.25) is 19.2 Å². The predicted octanol–water partition coefficient (Wildman–Crippen LogP) is 4.91. The Morgan fingerprint density at radius 2 is 1.66 bits per heavy atom. The fourth-order valence-electron chi connectivity index (χ4n) is 3.41. The van der Waals surface area contributed by atoms with Gasteiger partial charge in [-0.25, -0.2) is 9.40 Å². The van der Waals surface area contributed by atoms with Crippen LogP contribution in [0.3, 0.4) is 0 Å². The van der Waals surface area contributed by atoms with Crippen LogP contribution in [0.2, 0.25) is 10.0 Å². The van der Waals surface area contributed by atoms with Crippen molar-refractivity contribution in [2.24, 2.45) is 0 Å². The lowest BCUT2D eigenvalue weighted by molar-refractivity contribution is -0.165. The smallest absolute Gasteiger partial charge is 0.275 e. The van der Waals surface area contributed by atoms with Crippen LogP contribution in [-0.4, -0.2) is 45.4 Å². The molecule has 0 spiro atoms. The van der Waals surface area contributed by atoms with E-state index in [4.69, 9.17) is 34.8 Å². The molecule has 0 bridgehead atoms. The number of hydrogen-bond acceptors (Lipinski definition) is 4. The summed E-state index contributed by atoms with van der Waals surface area (Å²) in [6.45, 7) is 0. The van der Waals surface area contributed by atoms with Crippen LogP contribution in [0.5, 0.6) is 0 Å². The average molecular weight is 500 g/mol. The number of Topliss-reactive ketones (excluding diaryl/α,β-unsaturated/α-hetero) is 1. The van der Waals surface area contributed by atoms with Crippen LogP contribution < -0.4 is 0 Å². The lowest BCUT2D eigenvalue weighted by Gasteiger charge is -2.39. The SMILES string of the molecule is O=C(c1ccc(F)cc1)[C@@H](CCCl)N(C(=O)c1ccc(Cl)cc1Cl)N1C(=O)CCCC1=O. The number of ketones is 1. The van der Waals surface area contributed by atoms with Gasteiger partial charge in [0.25, 0.3) is 5.91 Å². The summed E-state index contributed by atoms with van der Waals surface area (Å²) in [5.74, 6) is -3.27. The highest BCUT2D eigenvalue weighted by molar-refractivity contribution is 6.36. The van der Waals surface area contributed by atoms with E-state index in [-0.39, 0.29) is 46.3 Å². The molecule has 0 unspecified atom stereocenters. The van der Waals surface area contributed by atoms with E-state index in [1.807, 2.05) is 0 Å². The second kappa shape index (κ2) is 10.4. The topological polar surface area (TPSA) is 74.8 Å². The number of halogens is 4. The lowest BCUT2D eigenvalue weighted by atomic mass is 10.00. The molecule has 0 aliphatic carbocycles. The summed E-state index contributed by atoms with van der Waals surface area (Å²) in [5.41, 5.74) is 0.0483. The van der Waals surface area contributed by atoms with Gasteiger partial charge in [-0.1, -0.05) is 23.2 Å². The molecule has 2 aromatic rings. The molecule has 1 aliphatic heterocycles. The van der Waals surface area contributed by atoms with Crippen molar-refractivity contribution in [3.05, 3.63) is 69.5 Å². The van der Waals surface area contributed by atoms with Crippen molar-refractivity contribution in [1.82, 2.24) is 10.0 Å². The molecule has 3 amide bonds. The molecule has 168 valence electrons. The molecule has 0 aromatic heterocycles. The Morgan fingerprint density at radius 1 is 1.03 bits per heavy atom. The molecule has 32 heavy (non-hydrogen) atoms. The number of carbonyl (C=O) groups excluding carboxylic acids is 4. The van der Waals surface area contributed by atoms with E-state index in [1.165, 1.54) is 30.3 Å². The molecule has 1 saturated heterocycles. The fourth-order valence-corrected chi connectivity index (χ4v) is 4.11. The van der Waals surface area contributed by atoms with Gasteiger partial charge in [0.15, 0.2) is 5.78 Å². The first-order chi connectivity index (χ1) is 15.2. The number of hydrogen-bond donors (Lipinski definition) is 0. The van der Waals surface area contributed by atoms with Gasteiger partial charge >= 0.3 is 0 Å². The summed E-state index contributed by atoms with van der Waals surface area (Å²) in [6.07, 6.45) is 0.333. The summed E-state index contributed by atoms with van der Waals surface area (Å²) < 4.78 is 13.4. The molecule has 1 aliphatic rings. The molecule has 2 aromatic carbocycles. The zero-order valence-corrected chi connectivity index (χ0v) is 19.0. The number of amides is 3. The van der Waals surface area contributed by atoms with Crippen molar-refractivity contribution in [2.75, 3.05) is 5.88 Å². The van der Waals surface area contributed by atoms with Crippen LogP contribution in [0, 0.1) is 5.82 Å². The van der Waals surface area contributed by atoms with Crippen molar-refractivity contribution in [3.8, 4) is 0 Å². The number of benzene rings is 2. The molecule has 3 rings (SSSR count). The van der Waals surface area contributed by atoms with E-state index < -0.39 is 35.4 Å². The average Bonchev–Trinajstić information content (AvgIpc) is 2.75. The predicted molar refractivity (Wildman–Crippen MR) is 118 cm³/mol. The van der Waals surface area contributed by atoms with Crippen molar-refractivity contribution >= 4 is 58.3 Å². The summed E-state index contributed by atoms with van der Waals surface area (Å²) in [7, 11) is 0. The number of imide groups is 1. The number of piperidine rings is 1. The van der Waals surface area contributed by atoms with E-state index >= 15 is 0 Å². The third kappa shape index (κ3) is 5.11. The molecular formula is C22H18Cl3FN2O4. The zero-order chi connectivity index (χ0) is 23.4. The van der Waals surface area contributed by atoms with Gasteiger partial charge in [-0.15, -0.1) is 11.6 Å². The molecule has 1 atom stereocenters. The first kappa shape index (κ1) is 24.2. The van der Waals surface area contributed by atoms with E-state index in [0.29, 0.717) is 11.4 Å². The maximum absolute atomic E-state index is 13.6. The maximum atomic E-state index is 13.6. The number of nitrogens with zero attached hydrogens (tertiary/aromatic N) is 2. The second-order valence-corrected chi connectivity index (χ2v) is 8.31. The van der Waals surface area contributed by atoms with Crippen molar-refractivity contribution in [3.63, 3.8) is 0 Å². The van der Waals surface area contributed by atoms with Gasteiger partial charge in [0.1, 0.15) is 11.9 Å². The minimum Gasteiger partial charge on any atom is -0.292 e. The summed E-state index contributed by atoms with van der Waals surface area (Å²) in [6, 6.07) is 7.54. The highest BCUT2D eigenvalue weighted by Gasteiger charge is 2.42. The summed E-state index contributed by atoms with van der Waals surface area (Å²) >= 11 is 18.1. The van der Waals surface area contributed by atoms with Crippen LogP contribution in [-0.2, 0) is 9.59 Å². The van der Waals surface area contributed by atoms with Crippen LogP contribution in [0.1, 0.15) is 46.4 Å². The molecule has 1 fully saturated rings. The Labute approximate surface area is 198 Å². The van der Waals surface area contributed by atoms with E-state index in [9.17, 15) is 23.6 Å². The molecular weight excluding hydrogens is 482 g/mol. The first-order valence-electron chi connectivity index (χ1n) is 9.74.